The van der Waals surface area contributed by atoms with E-state index < -0.39 is 11.9 Å². The van der Waals surface area contributed by atoms with Gasteiger partial charge in [-0.1, -0.05) is 49.4 Å². The Morgan fingerprint density at radius 1 is 1.08 bits per heavy atom. The first-order valence-electron chi connectivity index (χ1n) is 7.74. The molecule has 0 aliphatic heterocycles. The van der Waals surface area contributed by atoms with Crippen LogP contribution in [0.15, 0.2) is 54.6 Å². The first kappa shape index (κ1) is 17.7. The Kier molecular flexibility index (Phi) is 6.07. The van der Waals surface area contributed by atoms with Crippen LogP contribution in [0, 0.1) is 11.7 Å². The van der Waals surface area contributed by atoms with E-state index in [-0.39, 0.29) is 24.8 Å². The molecule has 0 spiro atoms. The van der Waals surface area contributed by atoms with Crippen molar-refractivity contribution in [3.8, 4) is 0 Å². The number of amides is 1. The van der Waals surface area contributed by atoms with Gasteiger partial charge >= 0.3 is 5.97 Å². The molecule has 5 heteroatoms. The van der Waals surface area contributed by atoms with Gasteiger partial charge in [0.1, 0.15) is 12.4 Å². The lowest BCUT2D eigenvalue weighted by atomic mass is 9.99. The van der Waals surface area contributed by atoms with E-state index in [1.165, 1.54) is 17.0 Å². The van der Waals surface area contributed by atoms with Crippen LogP contribution in [0.25, 0.3) is 0 Å². The second-order valence-electron chi connectivity index (χ2n) is 5.81. The molecule has 0 aliphatic rings. The van der Waals surface area contributed by atoms with Crippen LogP contribution in [0.4, 0.5) is 4.39 Å². The van der Waals surface area contributed by atoms with Crippen LogP contribution in [0.5, 0.6) is 0 Å². The molecule has 0 bridgehead atoms. The zero-order valence-electron chi connectivity index (χ0n) is 13.5. The molecule has 1 unspecified atom stereocenters. The van der Waals surface area contributed by atoms with Crippen LogP contribution >= 0.6 is 0 Å². The van der Waals surface area contributed by atoms with Gasteiger partial charge in [-0.05, 0) is 29.7 Å². The number of halogens is 1. The van der Waals surface area contributed by atoms with Crippen molar-refractivity contribution >= 4 is 11.9 Å². The van der Waals surface area contributed by atoms with Gasteiger partial charge in [0.15, 0.2) is 0 Å². The highest BCUT2D eigenvalue weighted by Gasteiger charge is 2.23. The summed E-state index contributed by atoms with van der Waals surface area (Å²) in [6.07, 6.45) is 0.363. The molecule has 0 aliphatic carbocycles. The fourth-order valence-electron chi connectivity index (χ4n) is 2.60. The predicted octanol–water partition coefficient (Wildman–Crippen LogP) is 3.12. The molecule has 24 heavy (non-hydrogen) atoms. The number of carbonyl (C=O) groups is 2. The van der Waals surface area contributed by atoms with Crippen LogP contribution in [-0.4, -0.2) is 28.4 Å². The first-order chi connectivity index (χ1) is 11.5. The van der Waals surface area contributed by atoms with Gasteiger partial charge in [-0.2, -0.15) is 0 Å². The molecule has 4 nitrogen and oxygen atoms in total. The average Bonchev–Trinajstić information content (AvgIpc) is 2.54. The number of aliphatic carboxylic acids is 1. The monoisotopic (exact) mass is 329 g/mol. The fraction of sp³-hybridized carbons (Fsp3) is 0.263. The quantitative estimate of drug-likeness (QED) is 0.849. The third-order valence-corrected chi connectivity index (χ3v) is 3.71. The maximum absolute atomic E-state index is 13.3. The minimum Gasteiger partial charge on any atom is -0.480 e. The van der Waals surface area contributed by atoms with Crippen molar-refractivity contribution in [1.82, 2.24) is 4.90 Å². The smallest absolute Gasteiger partial charge is 0.323 e. The van der Waals surface area contributed by atoms with E-state index in [0.29, 0.717) is 12.0 Å². The Morgan fingerprint density at radius 2 is 1.75 bits per heavy atom. The molecule has 0 saturated heterocycles. The topological polar surface area (TPSA) is 57.6 Å². The zero-order chi connectivity index (χ0) is 17.5. The lowest BCUT2D eigenvalue weighted by molar-refractivity contribution is -0.146. The van der Waals surface area contributed by atoms with Crippen molar-refractivity contribution in [2.75, 3.05) is 6.54 Å². The highest BCUT2D eigenvalue weighted by atomic mass is 19.1. The Balaban J connectivity index is 2.09. The number of carbonyl (C=O) groups excluding carboxylic acids is 1. The van der Waals surface area contributed by atoms with E-state index >= 15 is 0 Å². The SMILES string of the molecule is CC(Cc1cccc(F)c1)C(=O)N(CC(=O)O)Cc1ccccc1. The summed E-state index contributed by atoms with van der Waals surface area (Å²) in [5, 5.41) is 9.08. The molecule has 1 amide bonds. The van der Waals surface area contributed by atoms with E-state index in [0.717, 1.165) is 5.56 Å². The van der Waals surface area contributed by atoms with Gasteiger partial charge in [-0.3, -0.25) is 9.59 Å². The molecule has 2 aromatic carbocycles. The highest BCUT2D eigenvalue weighted by Crippen LogP contribution is 2.15. The van der Waals surface area contributed by atoms with E-state index in [4.69, 9.17) is 5.11 Å². The van der Waals surface area contributed by atoms with E-state index in [9.17, 15) is 14.0 Å². The van der Waals surface area contributed by atoms with Crippen molar-refractivity contribution in [3.05, 3.63) is 71.5 Å². The molecule has 0 saturated carbocycles. The summed E-state index contributed by atoms with van der Waals surface area (Å²) in [5.41, 5.74) is 1.58. The molecule has 0 heterocycles. The van der Waals surface area contributed by atoms with Crippen LogP contribution in [0.3, 0.4) is 0 Å². The number of nitrogens with zero attached hydrogens (tertiary/aromatic N) is 1. The minimum absolute atomic E-state index is 0.236. The molecule has 2 aromatic rings. The summed E-state index contributed by atoms with van der Waals surface area (Å²) in [7, 11) is 0. The van der Waals surface area contributed by atoms with Crippen molar-refractivity contribution in [1.29, 1.82) is 0 Å². The van der Waals surface area contributed by atoms with Crippen LogP contribution in [-0.2, 0) is 22.6 Å². The fourth-order valence-corrected chi connectivity index (χ4v) is 2.60. The molecule has 1 N–H and O–H groups in total. The Bertz CT molecular complexity index is 703. The Hall–Kier alpha value is -2.69. The maximum Gasteiger partial charge on any atom is 0.323 e. The first-order valence-corrected chi connectivity index (χ1v) is 7.74. The Labute approximate surface area is 140 Å². The zero-order valence-corrected chi connectivity index (χ0v) is 13.5. The molecule has 2 rings (SSSR count). The van der Waals surface area contributed by atoms with E-state index in [2.05, 4.69) is 0 Å². The van der Waals surface area contributed by atoms with Crippen molar-refractivity contribution in [3.63, 3.8) is 0 Å². The molecule has 1 atom stereocenters. The highest BCUT2D eigenvalue weighted by molar-refractivity contribution is 5.83. The van der Waals surface area contributed by atoms with Gasteiger partial charge in [0.25, 0.3) is 0 Å². The summed E-state index contributed by atoms with van der Waals surface area (Å²) in [4.78, 5) is 25.0. The van der Waals surface area contributed by atoms with Crippen molar-refractivity contribution in [2.24, 2.45) is 5.92 Å². The second-order valence-corrected chi connectivity index (χ2v) is 5.81. The predicted molar refractivity (Wildman–Crippen MR) is 88.8 cm³/mol. The molecular weight excluding hydrogens is 309 g/mol. The molecule has 126 valence electrons. The van der Waals surface area contributed by atoms with Crippen molar-refractivity contribution in [2.45, 2.75) is 19.9 Å². The van der Waals surface area contributed by atoms with Crippen LogP contribution < -0.4 is 0 Å². The second kappa shape index (κ2) is 8.24. The number of carboxylic acid groups (broad SMARTS) is 1. The van der Waals surface area contributed by atoms with Crippen molar-refractivity contribution < 1.29 is 19.1 Å². The third kappa shape index (κ3) is 5.19. The molecule has 0 fully saturated rings. The third-order valence-electron chi connectivity index (χ3n) is 3.71. The van der Waals surface area contributed by atoms with E-state index in [1.54, 1.807) is 19.1 Å². The number of benzene rings is 2. The largest absolute Gasteiger partial charge is 0.480 e. The molecular formula is C19H20FNO3. The number of rotatable bonds is 7. The van der Waals surface area contributed by atoms with Gasteiger partial charge in [-0.15, -0.1) is 0 Å². The van der Waals surface area contributed by atoms with Gasteiger partial charge in [0, 0.05) is 12.5 Å². The Morgan fingerprint density at radius 3 is 2.38 bits per heavy atom. The number of carboxylic acids is 1. The normalized spacial score (nSPS) is 11.8. The number of hydrogen-bond acceptors (Lipinski definition) is 2. The van der Waals surface area contributed by atoms with Gasteiger partial charge < -0.3 is 10.0 Å². The van der Waals surface area contributed by atoms with Crippen LogP contribution in [0.2, 0.25) is 0 Å². The van der Waals surface area contributed by atoms with Gasteiger partial charge in [0.05, 0.1) is 0 Å². The lowest BCUT2D eigenvalue weighted by Gasteiger charge is -2.24. The summed E-state index contributed by atoms with van der Waals surface area (Å²) in [6.45, 7) is 1.60. The maximum atomic E-state index is 13.3. The summed E-state index contributed by atoms with van der Waals surface area (Å²) in [6, 6.07) is 15.3. The average molecular weight is 329 g/mol. The van der Waals surface area contributed by atoms with Crippen LogP contribution in [0.1, 0.15) is 18.1 Å². The van der Waals surface area contributed by atoms with E-state index in [1.807, 2.05) is 30.3 Å². The summed E-state index contributed by atoms with van der Waals surface area (Å²) >= 11 is 0. The summed E-state index contributed by atoms with van der Waals surface area (Å²) in [5.74, 6) is -2.10. The minimum atomic E-state index is -1.06. The summed E-state index contributed by atoms with van der Waals surface area (Å²) < 4.78 is 13.3. The van der Waals surface area contributed by atoms with Gasteiger partial charge in [-0.25, -0.2) is 4.39 Å². The standard InChI is InChI=1S/C19H20FNO3/c1-14(10-16-8-5-9-17(20)11-16)19(24)21(13-18(22)23)12-15-6-3-2-4-7-15/h2-9,11,14H,10,12-13H2,1H3,(H,22,23). The lowest BCUT2D eigenvalue weighted by Crippen LogP contribution is -2.39. The molecule has 0 radical (unpaired) electrons. The molecule has 0 aromatic heterocycles. The number of hydrogen-bond donors (Lipinski definition) is 1. The van der Waals surface area contributed by atoms with Gasteiger partial charge in [0.2, 0.25) is 5.91 Å².